The average molecular weight is 385 g/mol. The van der Waals surface area contributed by atoms with Crippen molar-refractivity contribution in [3.63, 3.8) is 0 Å². The maximum Gasteiger partial charge on any atom is 0.248 e. The third-order valence-electron chi connectivity index (χ3n) is 4.18. The largest absolute Gasteiger partial charge is 0.487 e. The van der Waals surface area contributed by atoms with Crippen molar-refractivity contribution in [2.45, 2.75) is 13.5 Å². The summed E-state index contributed by atoms with van der Waals surface area (Å²) in [5, 5.41) is 2.82. The SMILES string of the molecule is Cc1nc2cc(NC(=O)C=Cc3ccc(OCc4ccccn4)cc3)ccc2o1. The lowest BCUT2D eigenvalue weighted by molar-refractivity contribution is -0.111. The zero-order chi connectivity index (χ0) is 20.1. The van der Waals surface area contributed by atoms with Gasteiger partial charge in [-0.2, -0.15) is 0 Å². The van der Waals surface area contributed by atoms with Crippen LogP contribution in [0.1, 0.15) is 17.1 Å². The fourth-order valence-electron chi connectivity index (χ4n) is 2.79. The first-order chi connectivity index (χ1) is 14.2. The molecule has 0 aliphatic rings. The highest BCUT2D eigenvalue weighted by Gasteiger charge is 2.05. The van der Waals surface area contributed by atoms with Crippen LogP contribution in [-0.4, -0.2) is 15.9 Å². The molecule has 6 nitrogen and oxygen atoms in total. The number of oxazole rings is 1. The molecule has 0 saturated heterocycles. The van der Waals surface area contributed by atoms with Crippen molar-refractivity contribution in [2.75, 3.05) is 5.32 Å². The molecule has 4 rings (SSSR count). The smallest absolute Gasteiger partial charge is 0.248 e. The van der Waals surface area contributed by atoms with Gasteiger partial charge in [-0.15, -0.1) is 0 Å². The molecule has 1 N–H and O–H groups in total. The third kappa shape index (κ3) is 4.87. The summed E-state index contributed by atoms with van der Waals surface area (Å²) < 4.78 is 11.1. The highest BCUT2D eigenvalue weighted by atomic mass is 16.5. The minimum absolute atomic E-state index is 0.222. The zero-order valence-electron chi connectivity index (χ0n) is 15.8. The number of nitrogens with one attached hydrogen (secondary N) is 1. The minimum atomic E-state index is -0.222. The van der Waals surface area contributed by atoms with Crippen molar-refractivity contribution in [3.8, 4) is 5.75 Å². The molecule has 29 heavy (non-hydrogen) atoms. The number of anilines is 1. The Morgan fingerprint density at radius 2 is 2.00 bits per heavy atom. The van der Waals surface area contributed by atoms with Crippen LogP contribution in [-0.2, 0) is 11.4 Å². The molecule has 2 heterocycles. The van der Waals surface area contributed by atoms with Crippen LogP contribution in [0, 0.1) is 6.92 Å². The van der Waals surface area contributed by atoms with Crippen LogP contribution in [0.4, 0.5) is 5.69 Å². The number of fused-ring (bicyclic) bond motifs is 1. The summed E-state index contributed by atoms with van der Waals surface area (Å²) >= 11 is 0. The Balaban J connectivity index is 1.33. The number of hydrogen-bond acceptors (Lipinski definition) is 5. The van der Waals surface area contributed by atoms with Crippen molar-refractivity contribution < 1.29 is 13.9 Å². The molecule has 4 aromatic rings. The lowest BCUT2D eigenvalue weighted by atomic mass is 10.2. The molecule has 0 atom stereocenters. The molecule has 144 valence electrons. The number of carbonyl (C=O) groups is 1. The predicted octanol–water partition coefficient (Wildman–Crippen LogP) is 4.76. The van der Waals surface area contributed by atoms with E-state index in [4.69, 9.17) is 9.15 Å². The van der Waals surface area contributed by atoms with Crippen LogP contribution < -0.4 is 10.1 Å². The van der Waals surface area contributed by atoms with Crippen LogP contribution in [0.25, 0.3) is 17.2 Å². The Morgan fingerprint density at radius 3 is 2.79 bits per heavy atom. The van der Waals surface area contributed by atoms with E-state index < -0.39 is 0 Å². The number of amides is 1. The number of carbonyl (C=O) groups excluding carboxylic acids is 1. The molecule has 0 aliphatic heterocycles. The van der Waals surface area contributed by atoms with E-state index in [2.05, 4.69) is 15.3 Å². The van der Waals surface area contributed by atoms with Crippen molar-refractivity contribution >= 4 is 28.8 Å². The number of aromatic nitrogens is 2. The number of benzene rings is 2. The molecule has 0 radical (unpaired) electrons. The summed E-state index contributed by atoms with van der Waals surface area (Å²) in [6, 6.07) is 18.6. The van der Waals surface area contributed by atoms with E-state index in [1.54, 1.807) is 37.4 Å². The van der Waals surface area contributed by atoms with Crippen LogP contribution in [0.3, 0.4) is 0 Å². The molecular weight excluding hydrogens is 366 g/mol. The van der Waals surface area contributed by atoms with Crippen LogP contribution in [0.2, 0.25) is 0 Å². The van der Waals surface area contributed by atoms with Gasteiger partial charge in [0.15, 0.2) is 11.5 Å². The van der Waals surface area contributed by atoms with Gasteiger partial charge in [0.1, 0.15) is 17.9 Å². The summed E-state index contributed by atoms with van der Waals surface area (Å²) in [4.78, 5) is 20.7. The summed E-state index contributed by atoms with van der Waals surface area (Å²) in [6.45, 7) is 2.20. The Labute approximate surface area is 167 Å². The Morgan fingerprint density at radius 1 is 1.14 bits per heavy atom. The van der Waals surface area contributed by atoms with Gasteiger partial charge in [0.2, 0.25) is 5.91 Å². The lowest BCUT2D eigenvalue weighted by Gasteiger charge is -2.05. The quantitative estimate of drug-likeness (QED) is 0.484. The Hall–Kier alpha value is -3.93. The van der Waals surface area contributed by atoms with Crippen molar-refractivity contribution in [1.82, 2.24) is 9.97 Å². The first kappa shape index (κ1) is 18.4. The fraction of sp³-hybridized carbons (Fsp3) is 0.0870. The van der Waals surface area contributed by atoms with E-state index in [-0.39, 0.29) is 5.91 Å². The van der Waals surface area contributed by atoms with Gasteiger partial charge in [-0.3, -0.25) is 9.78 Å². The van der Waals surface area contributed by atoms with E-state index in [9.17, 15) is 4.79 Å². The summed E-state index contributed by atoms with van der Waals surface area (Å²) in [6.07, 6.45) is 4.97. The van der Waals surface area contributed by atoms with Gasteiger partial charge in [-0.05, 0) is 54.1 Å². The predicted molar refractivity (Wildman–Crippen MR) is 111 cm³/mol. The fourth-order valence-corrected chi connectivity index (χ4v) is 2.79. The molecule has 2 aromatic carbocycles. The van der Waals surface area contributed by atoms with Crippen molar-refractivity contribution in [2.24, 2.45) is 0 Å². The molecule has 0 unspecified atom stereocenters. The van der Waals surface area contributed by atoms with Gasteiger partial charge >= 0.3 is 0 Å². The monoisotopic (exact) mass is 385 g/mol. The number of rotatable bonds is 6. The standard InChI is InChI=1S/C23H19N3O3/c1-16-25-21-14-18(8-11-22(21)29-16)26-23(27)12-7-17-5-9-20(10-6-17)28-15-19-4-2-3-13-24-19/h2-14H,15H2,1H3,(H,26,27). The molecule has 1 amide bonds. The molecule has 0 saturated carbocycles. The second-order valence-corrected chi connectivity index (χ2v) is 6.42. The number of ether oxygens (including phenoxy) is 1. The number of nitrogens with zero attached hydrogens (tertiary/aromatic N) is 2. The topological polar surface area (TPSA) is 77.2 Å². The summed E-state index contributed by atoms with van der Waals surface area (Å²) in [5.41, 5.74) is 3.84. The van der Waals surface area contributed by atoms with E-state index in [1.165, 1.54) is 6.08 Å². The van der Waals surface area contributed by atoms with E-state index in [0.29, 0.717) is 29.3 Å². The summed E-state index contributed by atoms with van der Waals surface area (Å²) in [5.74, 6) is 1.12. The number of hydrogen-bond donors (Lipinski definition) is 1. The van der Waals surface area contributed by atoms with Gasteiger partial charge < -0.3 is 14.5 Å². The van der Waals surface area contributed by atoms with Crippen LogP contribution in [0.5, 0.6) is 5.75 Å². The molecule has 0 bridgehead atoms. The highest BCUT2D eigenvalue weighted by molar-refractivity contribution is 6.02. The molecular formula is C23H19N3O3. The summed E-state index contributed by atoms with van der Waals surface area (Å²) in [7, 11) is 0. The van der Waals surface area contributed by atoms with Gasteiger partial charge in [0.25, 0.3) is 0 Å². The first-order valence-corrected chi connectivity index (χ1v) is 9.15. The van der Waals surface area contributed by atoms with E-state index >= 15 is 0 Å². The van der Waals surface area contributed by atoms with Crippen LogP contribution in [0.15, 0.2) is 77.4 Å². The minimum Gasteiger partial charge on any atom is -0.487 e. The lowest BCUT2D eigenvalue weighted by Crippen LogP contribution is -2.07. The molecule has 0 aliphatic carbocycles. The zero-order valence-corrected chi connectivity index (χ0v) is 15.8. The van der Waals surface area contributed by atoms with Gasteiger partial charge in [-0.25, -0.2) is 4.98 Å². The Bertz CT molecular complexity index is 1150. The molecule has 2 aromatic heterocycles. The van der Waals surface area contributed by atoms with E-state index in [0.717, 1.165) is 17.0 Å². The third-order valence-corrected chi connectivity index (χ3v) is 4.18. The van der Waals surface area contributed by atoms with Crippen LogP contribution >= 0.6 is 0 Å². The van der Waals surface area contributed by atoms with Gasteiger partial charge in [0.05, 0.1) is 5.69 Å². The van der Waals surface area contributed by atoms with Crippen molar-refractivity contribution in [3.05, 3.63) is 90.1 Å². The normalized spacial score (nSPS) is 11.1. The Kier molecular flexibility index (Phi) is 5.33. The van der Waals surface area contributed by atoms with Crippen molar-refractivity contribution in [1.29, 1.82) is 0 Å². The molecule has 0 fully saturated rings. The second kappa shape index (κ2) is 8.39. The number of aryl methyl sites for hydroxylation is 1. The van der Waals surface area contributed by atoms with E-state index in [1.807, 2.05) is 42.5 Å². The maximum absolute atomic E-state index is 12.2. The first-order valence-electron chi connectivity index (χ1n) is 9.15. The van der Waals surface area contributed by atoms with Gasteiger partial charge in [0, 0.05) is 24.9 Å². The molecule has 6 heteroatoms. The maximum atomic E-state index is 12.2. The second-order valence-electron chi connectivity index (χ2n) is 6.42. The van der Waals surface area contributed by atoms with Gasteiger partial charge in [-0.1, -0.05) is 18.2 Å². The average Bonchev–Trinajstić information content (AvgIpc) is 3.11. The molecule has 0 spiro atoms. The highest BCUT2D eigenvalue weighted by Crippen LogP contribution is 2.20. The number of pyridine rings is 1.